The van der Waals surface area contributed by atoms with Crippen LogP contribution in [-0.2, 0) is 15.4 Å². The molecule has 0 bridgehead atoms. The van der Waals surface area contributed by atoms with Crippen molar-refractivity contribution >= 4 is 10.0 Å². The summed E-state index contributed by atoms with van der Waals surface area (Å²) < 4.78 is 26.9. The van der Waals surface area contributed by atoms with E-state index in [1.807, 2.05) is 30.3 Å². The maximum absolute atomic E-state index is 12.7. The molecule has 1 N–H and O–H groups in total. The first kappa shape index (κ1) is 16.2. The molecule has 0 amide bonds. The molecule has 1 aliphatic carbocycles. The Morgan fingerprint density at radius 2 is 1.65 bits per heavy atom. The molecule has 0 unspecified atom stereocenters. The maximum atomic E-state index is 12.7. The van der Waals surface area contributed by atoms with Crippen LogP contribution in [0.4, 0.5) is 0 Å². The van der Waals surface area contributed by atoms with Gasteiger partial charge in [0.25, 0.3) is 0 Å². The average molecular weight is 331 g/mol. The highest BCUT2D eigenvalue weighted by Gasteiger charge is 2.56. The first-order chi connectivity index (χ1) is 11.0. The standard InChI is InChI=1S/C18H21NO3S/c1-19(23(21,22)17-10-6-3-7-11-17)14-18(12-16(18)13-20)15-8-4-2-5-9-15/h2-11,16,20H,12-14H2,1H3/t16-,18-/m0/s1. The van der Waals surface area contributed by atoms with Gasteiger partial charge in [-0.15, -0.1) is 0 Å². The molecule has 0 radical (unpaired) electrons. The second kappa shape index (κ2) is 6.07. The van der Waals surface area contributed by atoms with E-state index in [0.717, 1.165) is 12.0 Å². The maximum Gasteiger partial charge on any atom is 0.242 e. The van der Waals surface area contributed by atoms with Crippen LogP contribution in [0.1, 0.15) is 12.0 Å². The van der Waals surface area contributed by atoms with E-state index < -0.39 is 10.0 Å². The lowest BCUT2D eigenvalue weighted by Gasteiger charge is -2.25. The van der Waals surface area contributed by atoms with Gasteiger partial charge < -0.3 is 5.11 Å². The Bertz CT molecular complexity index is 761. The third kappa shape index (κ3) is 2.92. The van der Waals surface area contributed by atoms with Gasteiger partial charge in [0.2, 0.25) is 10.0 Å². The van der Waals surface area contributed by atoms with Gasteiger partial charge in [0.15, 0.2) is 0 Å². The molecule has 2 atom stereocenters. The molecule has 4 nitrogen and oxygen atoms in total. The van der Waals surface area contributed by atoms with Gasteiger partial charge in [-0.1, -0.05) is 48.5 Å². The van der Waals surface area contributed by atoms with Crippen molar-refractivity contribution in [3.63, 3.8) is 0 Å². The molecular weight excluding hydrogens is 310 g/mol. The highest BCUT2D eigenvalue weighted by atomic mass is 32.2. The van der Waals surface area contributed by atoms with Crippen LogP contribution >= 0.6 is 0 Å². The Kier molecular flexibility index (Phi) is 4.27. The highest BCUT2D eigenvalue weighted by molar-refractivity contribution is 7.89. The van der Waals surface area contributed by atoms with Crippen molar-refractivity contribution in [1.82, 2.24) is 4.31 Å². The number of hydrogen-bond donors (Lipinski definition) is 1. The fourth-order valence-electron chi connectivity index (χ4n) is 3.28. The SMILES string of the molecule is CN(C[C@]1(c2ccccc2)C[C@H]1CO)S(=O)(=O)c1ccccc1. The molecule has 122 valence electrons. The molecule has 2 aromatic carbocycles. The van der Waals surface area contributed by atoms with Gasteiger partial charge in [-0.3, -0.25) is 0 Å². The van der Waals surface area contributed by atoms with Crippen LogP contribution in [-0.4, -0.2) is 38.0 Å². The lowest BCUT2D eigenvalue weighted by atomic mass is 9.93. The fourth-order valence-corrected chi connectivity index (χ4v) is 4.54. The number of benzene rings is 2. The van der Waals surface area contributed by atoms with E-state index in [-0.39, 0.29) is 17.9 Å². The zero-order chi connectivity index (χ0) is 16.5. The van der Waals surface area contributed by atoms with Crippen LogP contribution in [0.2, 0.25) is 0 Å². The number of sulfonamides is 1. The number of rotatable bonds is 6. The molecule has 0 heterocycles. The molecular formula is C18H21NO3S. The molecule has 0 aliphatic heterocycles. The fraction of sp³-hybridized carbons (Fsp3) is 0.333. The van der Waals surface area contributed by atoms with Crippen LogP contribution in [0.5, 0.6) is 0 Å². The Balaban J connectivity index is 1.88. The van der Waals surface area contributed by atoms with Gasteiger partial charge in [0.05, 0.1) is 4.90 Å². The molecule has 23 heavy (non-hydrogen) atoms. The summed E-state index contributed by atoms with van der Waals surface area (Å²) >= 11 is 0. The monoisotopic (exact) mass is 331 g/mol. The van der Waals surface area contributed by atoms with E-state index in [2.05, 4.69) is 0 Å². The van der Waals surface area contributed by atoms with Crippen LogP contribution < -0.4 is 0 Å². The summed E-state index contributed by atoms with van der Waals surface area (Å²) in [6.07, 6.45) is 0.808. The first-order valence-electron chi connectivity index (χ1n) is 7.68. The summed E-state index contributed by atoms with van der Waals surface area (Å²) in [6.45, 7) is 0.452. The van der Waals surface area contributed by atoms with Crippen molar-refractivity contribution in [3.05, 3.63) is 66.2 Å². The molecule has 1 saturated carbocycles. The van der Waals surface area contributed by atoms with E-state index in [0.29, 0.717) is 11.4 Å². The minimum Gasteiger partial charge on any atom is -0.396 e. The summed E-state index contributed by atoms with van der Waals surface area (Å²) in [6, 6.07) is 18.3. The van der Waals surface area contributed by atoms with E-state index in [9.17, 15) is 13.5 Å². The molecule has 0 saturated heterocycles. The lowest BCUT2D eigenvalue weighted by molar-refractivity contribution is 0.257. The van der Waals surface area contributed by atoms with Crippen molar-refractivity contribution < 1.29 is 13.5 Å². The second-order valence-electron chi connectivity index (χ2n) is 6.18. The Hall–Kier alpha value is -1.69. The van der Waals surface area contributed by atoms with Crippen LogP contribution in [0, 0.1) is 5.92 Å². The first-order valence-corrected chi connectivity index (χ1v) is 9.12. The van der Waals surface area contributed by atoms with Crippen molar-refractivity contribution in [3.8, 4) is 0 Å². The van der Waals surface area contributed by atoms with E-state index in [4.69, 9.17) is 0 Å². The number of aliphatic hydroxyl groups excluding tert-OH is 1. The largest absolute Gasteiger partial charge is 0.396 e. The van der Waals surface area contributed by atoms with Crippen LogP contribution in [0.15, 0.2) is 65.6 Å². The van der Waals surface area contributed by atoms with Crippen molar-refractivity contribution in [1.29, 1.82) is 0 Å². The van der Waals surface area contributed by atoms with Gasteiger partial charge in [-0.25, -0.2) is 12.7 Å². The number of likely N-dealkylation sites (N-methyl/N-ethyl adjacent to an activating group) is 1. The predicted octanol–water partition coefficient (Wildman–Crippen LogP) is 2.26. The number of aliphatic hydroxyl groups is 1. The predicted molar refractivity (Wildman–Crippen MR) is 89.6 cm³/mol. The molecule has 1 aliphatic rings. The molecule has 2 aromatic rings. The van der Waals surface area contributed by atoms with E-state index >= 15 is 0 Å². The van der Waals surface area contributed by atoms with Crippen molar-refractivity contribution in [2.75, 3.05) is 20.2 Å². The molecule has 0 aromatic heterocycles. The summed E-state index contributed by atoms with van der Waals surface area (Å²) in [5, 5.41) is 9.57. The molecule has 5 heteroatoms. The van der Waals surface area contributed by atoms with E-state index in [1.54, 1.807) is 37.4 Å². The van der Waals surface area contributed by atoms with Gasteiger partial charge in [0, 0.05) is 25.6 Å². The van der Waals surface area contributed by atoms with Crippen molar-refractivity contribution in [2.45, 2.75) is 16.7 Å². The zero-order valence-corrected chi connectivity index (χ0v) is 13.9. The normalized spacial score (nSPS) is 23.9. The smallest absolute Gasteiger partial charge is 0.242 e. The third-order valence-corrected chi connectivity index (χ3v) is 6.57. The topological polar surface area (TPSA) is 57.6 Å². The number of nitrogens with zero attached hydrogens (tertiary/aromatic N) is 1. The molecule has 3 rings (SSSR count). The molecule has 0 spiro atoms. The zero-order valence-electron chi connectivity index (χ0n) is 13.1. The third-order valence-electron chi connectivity index (χ3n) is 4.76. The minimum absolute atomic E-state index is 0.0775. The second-order valence-corrected chi connectivity index (χ2v) is 8.22. The van der Waals surface area contributed by atoms with Crippen LogP contribution in [0.3, 0.4) is 0 Å². The summed E-state index contributed by atoms with van der Waals surface area (Å²) in [5.41, 5.74) is 0.807. The van der Waals surface area contributed by atoms with Gasteiger partial charge in [-0.05, 0) is 30.0 Å². The lowest BCUT2D eigenvalue weighted by Crippen LogP contribution is -2.35. The quantitative estimate of drug-likeness (QED) is 0.883. The average Bonchev–Trinajstić information content (AvgIpc) is 3.31. The van der Waals surface area contributed by atoms with Crippen LogP contribution in [0.25, 0.3) is 0 Å². The molecule has 1 fully saturated rings. The number of hydrogen-bond acceptors (Lipinski definition) is 3. The highest BCUT2D eigenvalue weighted by Crippen LogP contribution is 2.54. The summed E-state index contributed by atoms with van der Waals surface area (Å²) in [7, 11) is -1.91. The van der Waals surface area contributed by atoms with Gasteiger partial charge in [0.1, 0.15) is 0 Å². The Labute approximate surface area is 137 Å². The Morgan fingerprint density at radius 1 is 1.09 bits per heavy atom. The van der Waals surface area contributed by atoms with Crippen molar-refractivity contribution in [2.24, 2.45) is 5.92 Å². The summed E-state index contributed by atoms with van der Waals surface area (Å²) in [5.74, 6) is 0.110. The summed E-state index contributed by atoms with van der Waals surface area (Å²) in [4.78, 5) is 0.298. The van der Waals surface area contributed by atoms with Gasteiger partial charge in [-0.2, -0.15) is 0 Å². The van der Waals surface area contributed by atoms with E-state index in [1.165, 1.54) is 4.31 Å². The van der Waals surface area contributed by atoms with Gasteiger partial charge >= 0.3 is 0 Å². The Morgan fingerprint density at radius 3 is 2.17 bits per heavy atom. The minimum atomic E-state index is -3.52.